The van der Waals surface area contributed by atoms with Crippen LogP contribution in [-0.4, -0.2) is 29.9 Å². The van der Waals surface area contributed by atoms with Gasteiger partial charge in [-0.2, -0.15) is 0 Å². The first-order chi connectivity index (χ1) is 11.6. The van der Waals surface area contributed by atoms with Crippen LogP contribution in [0.15, 0.2) is 42.5 Å². The van der Waals surface area contributed by atoms with Gasteiger partial charge in [-0.05, 0) is 48.2 Å². The Bertz CT molecular complexity index is 740. The fraction of sp³-hybridized carbons (Fsp3) is 0.316. The van der Waals surface area contributed by atoms with Crippen LogP contribution in [0.3, 0.4) is 0 Å². The van der Waals surface area contributed by atoms with Crippen molar-refractivity contribution in [2.24, 2.45) is 11.8 Å². The lowest BCUT2D eigenvalue weighted by molar-refractivity contribution is -0.141. The lowest BCUT2D eigenvalue weighted by Crippen LogP contribution is -2.20. The summed E-state index contributed by atoms with van der Waals surface area (Å²) >= 11 is 0. The van der Waals surface area contributed by atoms with Crippen LogP contribution in [0.2, 0.25) is 0 Å². The summed E-state index contributed by atoms with van der Waals surface area (Å²) in [6, 6.07) is 12.2. The topological polar surface area (TPSA) is 76.0 Å². The van der Waals surface area contributed by atoms with Crippen molar-refractivity contribution in [1.29, 1.82) is 0 Å². The Balaban J connectivity index is 1.74. The van der Waals surface area contributed by atoms with Crippen molar-refractivity contribution in [3.8, 4) is 17.2 Å². The summed E-state index contributed by atoms with van der Waals surface area (Å²) in [4.78, 5) is 12.1. The number of benzene rings is 2. The van der Waals surface area contributed by atoms with E-state index in [9.17, 15) is 15.0 Å². The predicted octanol–water partition coefficient (Wildman–Crippen LogP) is 2.68. The number of esters is 1. The third-order valence-electron chi connectivity index (χ3n) is 4.42. The molecule has 1 aliphatic rings. The number of carbonyl (C=O) groups is 1. The molecule has 0 bridgehead atoms. The van der Waals surface area contributed by atoms with Crippen LogP contribution in [0.4, 0.5) is 0 Å². The molecule has 0 unspecified atom stereocenters. The molecular weight excluding hydrogens is 308 g/mol. The number of carbonyl (C=O) groups excluding carboxylic acids is 1. The lowest BCUT2D eigenvalue weighted by atomic mass is 9.85. The van der Waals surface area contributed by atoms with Crippen molar-refractivity contribution in [2.45, 2.75) is 12.8 Å². The number of ether oxygens (including phenoxy) is 2. The largest absolute Gasteiger partial charge is 0.508 e. The summed E-state index contributed by atoms with van der Waals surface area (Å²) in [5.41, 5.74) is 1.83. The summed E-state index contributed by atoms with van der Waals surface area (Å²) in [6.07, 6.45) is 1.16. The number of phenolic OH excluding ortho intramolecular Hbond substituents is 2. The Hall–Kier alpha value is -2.69. The normalized spacial score (nSPS) is 20.0. The van der Waals surface area contributed by atoms with Crippen molar-refractivity contribution in [3.63, 3.8) is 0 Å². The number of cyclic esters (lactones) is 1. The van der Waals surface area contributed by atoms with E-state index in [1.807, 2.05) is 12.1 Å². The molecule has 0 aromatic heterocycles. The van der Waals surface area contributed by atoms with E-state index < -0.39 is 0 Å². The minimum absolute atomic E-state index is 0.0349. The molecule has 126 valence electrons. The average molecular weight is 328 g/mol. The molecule has 1 aliphatic heterocycles. The zero-order valence-corrected chi connectivity index (χ0v) is 13.4. The first kappa shape index (κ1) is 16.2. The summed E-state index contributed by atoms with van der Waals surface area (Å²) in [7, 11) is 1.50. The first-order valence-electron chi connectivity index (χ1n) is 7.87. The second-order valence-corrected chi connectivity index (χ2v) is 6.08. The molecule has 24 heavy (non-hydrogen) atoms. The van der Waals surface area contributed by atoms with Gasteiger partial charge in [-0.1, -0.05) is 18.2 Å². The third kappa shape index (κ3) is 3.45. The molecule has 2 aromatic carbocycles. The molecule has 5 nitrogen and oxygen atoms in total. The van der Waals surface area contributed by atoms with Crippen LogP contribution in [0, 0.1) is 11.8 Å². The quantitative estimate of drug-likeness (QED) is 0.825. The Morgan fingerprint density at radius 1 is 1.12 bits per heavy atom. The molecular formula is C19H20O5. The van der Waals surface area contributed by atoms with Gasteiger partial charge in [0.05, 0.1) is 19.6 Å². The highest BCUT2D eigenvalue weighted by atomic mass is 16.5. The average Bonchev–Trinajstić information content (AvgIpc) is 2.88. The van der Waals surface area contributed by atoms with Crippen LogP contribution >= 0.6 is 0 Å². The summed E-state index contributed by atoms with van der Waals surface area (Å²) in [6.45, 7) is 0.370. The molecule has 1 fully saturated rings. The molecule has 0 aliphatic carbocycles. The van der Waals surface area contributed by atoms with E-state index in [1.54, 1.807) is 30.3 Å². The van der Waals surface area contributed by atoms with Crippen LogP contribution < -0.4 is 4.74 Å². The van der Waals surface area contributed by atoms with Crippen LogP contribution in [0.1, 0.15) is 11.1 Å². The second-order valence-electron chi connectivity index (χ2n) is 6.08. The van der Waals surface area contributed by atoms with Gasteiger partial charge >= 0.3 is 5.97 Å². The van der Waals surface area contributed by atoms with E-state index in [0.29, 0.717) is 25.2 Å². The summed E-state index contributed by atoms with van der Waals surface area (Å²) in [5.74, 6) is 0.277. The maximum absolute atomic E-state index is 12.1. The molecule has 0 amide bonds. The highest BCUT2D eigenvalue weighted by Gasteiger charge is 2.36. The van der Waals surface area contributed by atoms with Crippen LogP contribution in [0.25, 0.3) is 0 Å². The van der Waals surface area contributed by atoms with Crippen molar-refractivity contribution in [2.75, 3.05) is 13.7 Å². The molecule has 1 saturated heterocycles. The van der Waals surface area contributed by atoms with Crippen molar-refractivity contribution in [3.05, 3.63) is 53.6 Å². The van der Waals surface area contributed by atoms with Gasteiger partial charge in [0, 0.05) is 5.92 Å². The van der Waals surface area contributed by atoms with E-state index in [1.165, 1.54) is 7.11 Å². The second kappa shape index (κ2) is 6.83. The Morgan fingerprint density at radius 3 is 2.62 bits per heavy atom. The van der Waals surface area contributed by atoms with Gasteiger partial charge in [-0.25, -0.2) is 0 Å². The fourth-order valence-corrected chi connectivity index (χ4v) is 3.16. The highest BCUT2D eigenvalue weighted by molar-refractivity contribution is 5.75. The smallest absolute Gasteiger partial charge is 0.309 e. The number of rotatable bonds is 5. The van der Waals surface area contributed by atoms with Gasteiger partial charge in [-0.15, -0.1) is 0 Å². The minimum Gasteiger partial charge on any atom is -0.508 e. The maximum Gasteiger partial charge on any atom is 0.309 e. The molecule has 1 heterocycles. The molecule has 3 rings (SSSR count). The summed E-state index contributed by atoms with van der Waals surface area (Å²) < 4.78 is 10.3. The molecule has 0 spiro atoms. The van der Waals surface area contributed by atoms with Gasteiger partial charge in [0.1, 0.15) is 5.75 Å². The van der Waals surface area contributed by atoms with Gasteiger partial charge in [0.2, 0.25) is 0 Å². The molecule has 0 radical (unpaired) electrons. The number of aromatic hydroxyl groups is 2. The van der Waals surface area contributed by atoms with E-state index in [4.69, 9.17) is 9.47 Å². The number of hydrogen-bond donors (Lipinski definition) is 2. The zero-order chi connectivity index (χ0) is 17.1. The molecule has 0 saturated carbocycles. The van der Waals surface area contributed by atoms with Gasteiger partial charge < -0.3 is 19.7 Å². The standard InChI is InChI=1S/C19H20O5/c1-23-18-6-5-13(10-17(18)21)7-14-11-24-19(22)16(14)9-12-3-2-4-15(20)8-12/h2-6,8,10,14,16,20-21H,7,9,11H2,1H3/t14-,16+/m0/s1. The van der Waals surface area contributed by atoms with Gasteiger partial charge in [-0.3, -0.25) is 4.79 Å². The van der Waals surface area contributed by atoms with Crippen LogP contribution in [-0.2, 0) is 22.4 Å². The van der Waals surface area contributed by atoms with Crippen molar-refractivity contribution >= 4 is 5.97 Å². The minimum atomic E-state index is -0.254. The maximum atomic E-state index is 12.1. The van der Waals surface area contributed by atoms with Crippen LogP contribution in [0.5, 0.6) is 17.2 Å². The summed E-state index contributed by atoms with van der Waals surface area (Å²) in [5, 5.41) is 19.5. The first-order valence-corrected chi connectivity index (χ1v) is 7.87. The fourth-order valence-electron chi connectivity index (χ4n) is 3.16. The zero-order valence-electron chi connectivity index (χ0n) is 13.4. The Kier molecular flexibility index (Phi) is 4.60. The van der Waals surface area contributed by atoms with E-state index in [0.717, 1.165) is 11.1 Å². The number of methoxy groups -OCH3 is 1. The highest BCUT2D eigenvalue weighted by Crippen LogP contribution is 2.32. The predicted molar refractivity (Wildman–Crippen MR) is 88.1 cm³/mol. The molecule has 2 aromatic rings. The SMILES string of the molecule is COc1ccc(C[C@H]2COC(=O)[C@@H]2Cc2cccc(O)c2)cc1O. The van der Waals surface area contributed by atoms with E-state index in [-0.39, 0.29) is 29.3 Å². The Labute approximate surface area is 140 Å². The van der Waals surface area contributed by atoms with Crippen molar-refractivity contribution < 1.29 is 24.5 Å². The van der Waals surface area contributed by atoms with Gasteiger partial charge in [0.15, 0.2) is 11.5 Å². The third-order valence-corrected chi connectivity index (χ3v) is 4.42. The van der Waals surface area contributed by atoms with Gasteiger partial charge in [0.25, 0.3) is 0 Å². The molecule has 2 N–H and O–H groups in total. The van der Waals surface area contributed by atoms with E-state index >= 15 is 0 Å². The monoisotopic (exact) mass is 328 g/mol. The number of hydrogen-bond acceptors (Lipinski definition) is 5. The Morgan fingerprint density at radius 2 is 1.92 bits per heavy atom. The number of phenols is 2. The van der Waals surface area contributed by atoms with E-state index in [2.05, 4.69) is 0 Å². The lowest BCUT2D eigenvalue weighted by Gasteiger charge is -2.16. The molecule has 2 atom stereocenters. The van der Waals surface area contributed by atoms with Crippen molar-refractivity contribution in [1.82, 2.24) is 0 Å². The molecule has 5 heteroatoms.